The van der Waals surface area contributed by atoms with E-state index in [9.17, 15) is 32.8 Å². The van der Waals surface area contributed by atoms with Crippen LogP contribution >= 0.6 is 0 Å². The number of rotatable bonds is 11. The van der Waals surface area contributed by atoms with Crippen molar-refractivity contribution in [3.63, 3.8) is 0 Å². The summed E-state index contributed by atoms with van der Waals surface area (Å²) in [5.41, 5.74) is 0.309. The van der Waals surface area contributed by atoms with Gasteiger partial charge in [-0.05, 0) is 31.9 Å². The average molecular weight is 455 g/mol. The Balaban J connectivity index is 2.84. The highest BCUT2D eigenvalue weighted by atomic mass is 32.2. The van der Waals surface area contributed by atoms with Gasteiger partial charge < -0.3 is 10.2 Å². The number of fused-ring (bicyclic) bond motifs is 1. The molecule has 0 bridgehead atoms. The van der Waals surface area contributed by atoms with Crippen molar-refractivity contribution in [1.82, 2.24) is 0 Å². The Bertz CT molecular complexity index is 999. The zero-order chi connectivity index (χ0) is 23.6. The molecule has 0 spiro atoms. The van der Waals surface area contributed by atoms with Crippen molar-refractivity contribution in [2.24, 2.45) is 5.92 Å². The Morgan fingerprint density at radius 2 is 1.65 bits per heavy atom. The van der Waals surface area contributed by atoms with E-state index in [1.54, 1.807) is 18.4 Å². The molecule has 1 aromatic carbocycles. The molecule has 0 fully saturated rings. The standard InChI is InChI=1S/C22H31NO7S/c1-5-7-9-16(20(24)25)22(4)14(3)23(19(21(26)27)10-8-6-2)18-12-11-15(13-17(18)22)31(28,29)30/h11-13,16,19H,5-10H2,1-4H3,(H2-,24,25,26,27,28,29,30)/p+1. The normalized spacial score (nSPS) is 20.4. The molecule has 1 aliphatic rings. The van der Waals surface area contributed by atoms with Crippen LogP contribution in [0.2, 0.25) is 0 Å². The molecule has 0 aromatic heterocycles. The summed E-state index contributed by atoms with van der Waals surface area (Å²) < 4.78 is 34.8. The van der Waals surface area contributed by atoms with Crippen LogP contribution in [0.25, 0.3) is 0 Å². The second kappa shape index (κ2) is 9.48. The quantitative estimate of drug-likeness (QED) is 0.342. The predicted molar refractivity (Wildman–Crippen MR) is 116 cm³/mol. The van der Waals surface area contributed by atoms with Gasteiger partial charge in [-0.3, -0.25) is 9.35 Å². The molecule has 0 radical (unpaired) electrons. The predicted octanol–water partition coefficient (Wildman–Crippen LogP) is 3.84. The first kappa shape index (κ1) is 25.0. The molecule has 8 nitrogen and oxygen atoms in total. The van der Waals surface area contributed by atoms with Gasteiger partial charge in [-0.25, -0.2) is 4.79 Å². The number of hydrogen-bond acceptors (Lipinski definition) is 4. The van der Waals surface area contributed by atoms with E-state index in [1.807, 2.05) is 13.8 Å². The zero-order valence-electron chi connectivity index (χ0n) is 18.5. The van der Waals surface area contributed by atoms with Crippen LogP contribution in [0.4, 0.5) is 5.69 Å². The fourth-order valence-electron chi connectivity index (χ4n) is 4.60. The molecule has 0 saturated carbocycles. The van der Waals surface area contributed by atoms with Gasteiger partial charge in [0, 0.05) is 25.0 Å². The summed E-state index contributed by atoms with van der Waals surface area (Å²) in [6.45, 7) is 7.36. The molecule has 31 heavy (non-hydrogen) atoms. The van der Waals surface area contributed by atoms with Gasteiger partial charge in [0.1, 0.15) is 0 Å². The summed E-state index contributed by atoms with van der Waals surface area (Å²) in [6.07, 6.45) is 3.65. The molecule has 3 N–H and O–H groups in total. The number of carboxylic acid groups (broad SMARTS) is 2. The Morgan fingerprint density at radius 1 is 1.06 bits per heavy atom. The van der Waals surface area contributed by atoms with Crippen molar-refractivity contribution in [3.05, 3.63) is 23.8 Å². The second-order valence-electron chi connectivity index (χ2n) is 8.34. The number of carbonyl (C=O) groups is 2. The number of nitrogens with zero attached hydrogens (tertiary/aromatic N) is 1. The molecule has 9 heteroatoms. The summed E-state index contributed by atoms with van der Waals surface area (Å²) in [6, 6.07) is 3.07. The Hall–Kier alpha value is -2.26. The molecule has 3 atom stereocenters. The highest BCUT2D eigenvalue weighted by Crippen LogP contribution is 2.48. The number of unbranched alkanes of at least 4 members (excludes halogenated alkanes) is 2. The summed E-state index contributed by atoms with van der Waals surface area (Å²) in [4.78, 5) is 24.1. The van der Waals surface area contributed by atoms with Crippen molar-refractivity contribution in [3.8, 4) is 0 Å². The molecular weight excluding hydrogens is 422 g/mol. The van der Waals surface area contributed by atoms with Gasteiger partial charge >= 0.3 is 11.9 Å². The van der Waals surface area contributed by atoms with Crippen molar-refractivity contribution in [2.45, 2.75) is 82.6 Å². The van der Waals surface area contributed by atoms with E-state index in [2.05, 4.69) is 0 Å². The minimum Gasteiger partial charge on any atom is -0.481 e. The van der Waals surface area contributed by atoms with Gasteiger partial charge in [0.25, 0.3) is 16.2 Å². The van der Waals surface area contributed by atoms with Gasteiger partial charge in [-0.2, -0.15) is 13.0 Å². The Kier molecular flexibility index (Phi) is 7.65. The molecule has 1 aromatic rings. The third-order valence-electron chi connectivity index (χ3n) is 6.47. The van der Waals surface area contributed by atoms with Gasteiger partial charge in [0.05, 0.1) is 16.2 Å². The molecule has 3 unspecified atom stereocenters. The maximum Gasteiger partial charge on any atom is 0.373 e. The largest absolute Gasteiger partial charge is 0.481 e. The SMILES string of the molecule is CCCCC(C(=O)O)[N+]1=C(C)C(C)(C(CCCC)C(=O)O)c2cc(S(=O)(=O)O)ccc21. The third-order valence-corrected chi connectivity index (χ3v) is 7.32. The monoisotopic (exact) mass is 454 g/mol. The smallest absolute Gasteiger partial charge is 0.373 e. The maximum atomic E-state index is 12.3. The van der Waals surface area contributed by atoms with Crippen LogP contribution < -0.4 is 0 Å². The topological polar surface area (TPSA) is 132 Å². The molecule has 0 amide bonds. The lowest BCUT2D eigenvalue weighted by Crippen LogP contribution is -2.44. The average Bonchev–Trinajstić information content (AvgIpc) is 2.89. The molecule has 1 aliphatic heterocycles. The number of carboxylic acids is 2. The van der Waals surface area contributed by atoms with E-state index >= 15 is 0 Å². The van der Waals surface area contributed by atoms with E-state index in [4.69, 9.17) is 0 Å². The van der Waals surface area contributed by atoms with Crippen LogP contribution in [-0.4, -0.2) is 51.5 Å². The van der Waals surface area contributed by atoms with Crippen LogP contribution in [0, 0.1) is 5.92 Å². The molecular formula is C22H32NO7S+. The van der Waals surface area contributed by atoms with E-state index in [0.717, 1.165) is 12.8 Å². The molecule has 2 rings (SSSR count). The minimum atomic E-state index is -4.51. The lowest BCUT2D eigenvalue weighted by Gasteiger charge is -2.29. The van der Waals surface area contributed by atoms with Crippen LogP contribution in [-0.2, 0) is 25.1 Å². The minimum absolute atomic E-state index is 0.341. The third kappa shape index (κ3) is 4.67. The number of hydrogen-bond donors (Lipinski definition) is 3. The second-order valence-corrected chi connectivity index (χ2v) is 9.76. The summed E-state index contributed by atoms with van der Waals surface area (Å²) in [5, 5.41) is 20.0. The Morgan fingerprint density at radius 3 is 2.13 bits per heavy atom. The van der Waals surface area contributed by atoms with Crippen LogP contribution in [0.1, 0.15) is 71.8 Å². The van der Waals surface area contributed by atoms with E-state index in [1.165, 1.54) is 18.2 Å². The van der Waals surface area contributed by atoms with Crippen molar-refractivity contribution >= 4 is 33.5 Å². The van der Waals surface area contributed by atoms with E-state index in [0.29, 0.717) is 42.6 Å². The van der Waals surface area contributed by atoms with E-state index < -0.39 is 39.4 Å². The van der Waals surface area contributed by atoms with Gasteiger partial charge in [-0.15, -0.1) is 0 Å². The highest BCUT2D eigenvalue weighted by molar-refractivity contribution is 7.85. The first-order chi connectivity index (χ1) is 14.4. The first-order valence-electron chi connectivity index (χ1n) is 10.6. The maximum absolute atomic E-state index is 12.3. The van der Waals surface area contributed by atoms with Gasteiger partial charge in [-0.1, -0.05) is 33.1 Å². The number of aliphatic carboxylic acids is 2. The van der Waals surface area contributed by atoms with Crippen molar-refractivity contribution in [2.75, 3.05) is 0 Å². The molecule has 172 valence electrons. The summed E-state index contributed by atoms with van der Waals surface area (Å²) in [5.74, 6) is -2.93. The van der Waals surface area contributed by atoms with Crippen LogP contribution in [0.15, 0.2) is 23.1 Å². The lowest BCUT2D eigenvalue weighted by molar-refractivity contribution is -0.473. The summed E-state index contributed by atoms with van der Waals surface area (Å²) >= 11 is 0. The lowest BCUT2D eigenvalue weighted by atomic mass is 9.68. The van der Waals surface area contributed by atoms with E-state index in [-0.39, 0.29) is 4.90 Å². The van der Waals surface area contributed by atoms with Crippen LogP contribution in [0.5, 0.6) is 0 Å². The molecule has 0 aliphatic carbocycles. The highest BCUT2D eigenvalue weighted by Gasteiger charge is 2.56. The van der Waals surface area contributed by atoms with Crippen LogP contribution in [0.3, 0.4) is 0 Å². The molecule has 0 saturated heterocycles. The zero-order valence-corrected chi connectivity index (χ0v) is 19.3. The fraction of sp³-hybridized carbons (Fsp3) is 0.591. The van der Waals surface area contributed by atoms with Gasteiger partial charge in [0.2, 0.25) is 5.69 Å². The van der Waals surface area contributed by atoms with Crippen molar-refractivity contribution < 1.29 is 37.3 Å². The summed E-state index contributed by atoms with van der Waals surface area (Å²) in [7, 11) is -4.51. The number of benzene rings is 1. The molecule has 1 heterocycles. The van der Waals surface area contributed by atoms with Crippen molar-refractivity contribution in [1.29, 1.82) is 0 Å². The Labute approximate surface area is 183 Å². The fourth-order valence-corrected chi connectivity index (χ4v) is 5.10. The van der Waals surface area contributed by atoms with Gasteiger partial charge in [0.15, 0.2) is 5.71 Å². The first-order valence-corrected chi connectivity index (χ1v) is 12.1.